The molecule has 0 aromatic heterocycles. The molecular formula is C5H9NO3S. The molecule has 1 fully saturated rings. The Labute approximate surface area is 59.5 Å². The number of carbonyl (C=O) groups is 1. The Morgan fingerprint density at radius 2 is 2.20 bits per heavy atom. The van der Waals surface area contributed by atoms with Crippen LogP contribution in [0.15, 0.2) is 0 Å². The van der Waals surface area contributed by atoms with E-state index in [9.17, 15) is 13.2 Å². The highest BCUT2D eigenvalue weighted by atomic mass is 32.2. The molecule has 0 radical (unpaired) electrons. The molecule has 0 saturated carbocycles. The maximum absolute atomic E-state index is 10.9. The van der Waals surface area contributed by atoms with Crippen molar-refractivity contribution in [1.82, 2.24) is 5.32 Å². The Bertz CT molecular complexity index is 221. The third kappa shape index (κ3) is 1.29. The molecule has 1 aliphatic rings. The van der Waals surface area contributed by atoms with Crippen LogP contribution in [0.5, 0.6) is 0 Å². The summed E-state index contributed by atoms with van der Waals surface area (Å²) >= 11 is 0. The zero-order valence-electron chi connectivity index (χ0n) is 5.41. The second-order valence-electron chi connectivity index (χ2n) is 2.28. The summed E-state index contributed by atoms with van der Waals surface area (Å²) in [4.78, 5) is 9.87. The summed E-state index contributed by atoms with van der Waals surface area (Å²) in [5, 5.41) is 1.65. The molecule has 1 heterocycles. The van der Waals surface area contributed by atoms with E-state index in [1.165, 1.54) is 0 Å². The summed E-state index contributed by atoms with van der Waals surface area (Å²) in [7, 11) is -2.99. The number of sulfone groups is 1. The largest absolute Gasteiger partial charge is 0.342 e. The van der Waals surface area contributed by atoms with Gasteiger partial charge in [-0.1, -0.05) is 0 Å². The first kappa shape index (κ1) is 7.53. The third-order valence-electron chi connectivity index (χ3n) is 1.58. The number of hydrogen-bond donors (Lipinski definition) is 1. The fraction of sp³-hybridized carbons (Fsp3) is 0.800. The highest BCUT2D eigenvalue weighted by molar-refractivity contribution is 7.92. The van der Waals surface area contributed by atoms with Gasteiger partial charge in [-0.25, -0.2) is 8.42 Å². The first-order chi connectivity index (χ1) is 4.67. The van der Waals surface area contributed by atoms with Crippen molar-refractivity contribution in [2.24, 2.45) is 0 Å². The summed E-state index contributed by atoms with van der Waals surface area (Å²) in [5.74, 6) is 0.207. The minimum Gasteiger partial charge on any atom is -0.342 e. The molecule has 1 rings (SSSR count). The average molecular weight is 163 g/mol. The molecule has 5 heteroatoms. The molecule has 10 heavy (non-hydrogen) atoms. The van der Waals surface area contributed by atoms with Crippen molar-refractivity contribution >= 4 is 16.2 Å². The molecule has 1 aliphatic heterocycles. The van der Waals surface area contributed by atoms with Crippen molar-refractivity contribution in [3.05, 3.63) is 0 Å². The van der Waals surface area contributed by atoms with Gasteiger partial charge in [0.1, 0.15) is 5.37 Å². The van der Waals surface area contributed by atoms with E-state index in [0.29, 0.717) is 19.3 Å². The number of hydrogen-bond acceptors (Lipinski definition) is 3. The average Bonchev–Trinajstić information content (AvgIpc) is 2.13. The molecule has 0 aliphatic carbocycles. The monoisotopic (exact) mass is 163 g/mol. The molecule has 0 aromatic rings. The van der Waals surface area contributed by atoms with Crippen molar-refractivity contribution in [1.29, 1.82) is 0 Å². The number of amides is 1. The quantitative estimate of drug-likeness (QED) is 0.546. The van der Waals surface area contributed by atoms with E-state index in [-0.39, 0.29) is 5.75 Å². The Kier molecular flexibility index (Phi) is 1.94. The standard InChI is InChI=1S/C5H9NO3S/c7-4-6-5-2-1-3-10(5,8)9/h4-5H,1-3H2,(H,6,7). The maximum atomic E-state index is 10.9. The van der Waals surface area contributed by atoms with Crippen molar-refractivity contribution in [2.45, 2.75) is 18.2 Å². The second kappa shape index (κ2) is 2.57. The van der Waals surface area contributed by atoms with Gasteiger partial charge in [0, 0.05) is 0 Å². The molecule has 1 amide bonds. The molecule has 1 atom stereocenters. The second-order valence-corrected chi connectivity index (χ2v) is 4.59. The van der Waals surface area contributed by atoms with Crippen LogP contribution < -0.4 is 5.32 Å². The van der Waals surface area contributed by atoms with E-state index >= 15 is 0 Å². The van der Waals surface area contributed by atoms with Gasteiger partial charge in [0.2, 0.25) is 6.41 Å². The summed E-state index contributed by atoms with van der Waals surface area (Å²) < 4.78 is 21.9. The lowest BCUT2D eigenvalue weighted by Crippen LogP contribution is -2.31. The van der Waals surface area contributed by atoms with Gasteiger partial charge in [-0.15, -0.1) is 0 Å². The van der Waals surface area contributed by atoms with Gasteiger partial charge in [0.05, 0.1) is 5.75 Å². The van der Waals surface area contributed by atoms with E-state index in [4.69, 9.17) is 0 Å². The first-order valence-corrected chi connectivity index (χ1v) is 4.79. The predicted molar refractivity (Wildman–Crippen MR) is 36.0 cm³/mol. The van der Waals surface area contributed by atoms with Crippen LogP contribution in [-0.2, 0) is 14.6 Å². The molecule has 4 nitrogen and oxygen atoms in total. The van der Waals surface area contributed by atoms with E-state index in [0.717, 1.165) is 0 Å². The Morgan fingerprint density at radius 3 is 2.60 bits per heavy atom. The van der Waals surface area contributed by atoms with Gasteiger partial charge in [-0.05, 0) is 12.8 Å². The number of nitrogens with one attached hydrogen (secondary N) is 1. The van der Waals surface area contributed by atoms with E-state index in [1.807, 2.05) is 0 Å². The lowest BCUT2D eigenvalue weighted by atomic mass is 10.3. The number of rotatable bonds is 2. The molecular weight excluding hydrogens is 154 g/mol. The summed E-state index contributed by atoms with van der Waals surface area (Å²) in [6, 6.07) is 0. The molecule has 0 aromatic carbocycles. The summed E-state index contributed by atoms with van der Waals surface area (Å²) in [5.41, 5.74) is 0. The normalized spacial score (nSPS) is 29.8. The lowest BCUT2D eigenvalue weighted by molar-refractivity contribution is -0.109. The smallest absolute Gasteiger partial charge is 0.208 e. The van der Waals surface area contributed by atoms with E-state index < -0.39 is 15.2 Å². The van der Waals surface area contributed by atoms with Crippen LogP contribution in [0.2, 0.25) is 0 Å². The Morgan fingerprint density at radius 1 is 1.50 bits per heavy atom. The Hall–Kier alpha value is -0.580. The van der Waals surface area contributed by atoms with Gasteiger partial charge in [0.15, 0.2) is 9.84 Å². The molecule has 0 spiro atoms. The van der Waals surface area contributed by atoms with Crippen LogP contribution in [0, 0.1) is 0 Å². The topological polar surface area (TPSA) is 63.2 Å². The fourth-order valence-electron chi connectivity index (χ4n) is 1.05. The molecule has 0 bridgehead atoms. The minimum absolute atomic E-state index is 0.207. The first-order valence-electron chi connectivity index (χ1n) is 3.08. The Balaban J connectivity index is 2.69. The van der Waals surface area contributed by atoms with Gasteiger partial charge >= 0.3 is 0 Å². The highest BCUT2D eigenvalue weighted by Gasteiger charge is 2.30. The number of carbonyl (C=O) groups excluding carboxylic acids is 1. The lowest BCUT2D eigenvalue weighted by Gasteiger charge is -2.05. The van der Waals surface area contributed by atoms with Gasteiger partial charge in [0.25, 0.3) is 0 Å². The van der Waals surface area contributed by atoms with Crippen molar-refractivity contribution in [3.63, 3.8) is 0 Å². The molecule has 1 N–H and O–H groups in total. The van der Waals surface area contributed by atoms with Gasteiger partial charge in [-0.3, -0.25) is 4.79 Å². The minimum atomic E-state index is -2.99. The fourth-order valence-corrected chi connectivity index (χ4v) is 2.70. The summed E-state index contributed by atoms with van der Waals surface area (Å²) in [6.45, 7) is 0. The SMILES string of the molecule is O=CNC1CCCS1(=O)=O. The van der Waals surface area contributed by atoms with Crippen molar-refractivity contribution in [2.75, 3.05) is 5.75 Å². The van der Waals surface area contributed by atoms with E-state index in [2.05, 4.69) is 5.32 Å². The van der Waals surface area contributed by atoms with Crippen molar-refractivity contribution < 1.29 is 13.2 Å². The molecule has 1 unspecified atom stereocenters. The van der Waals surface area contributed by atoms with Crippen LogP contribution in [0.4, 0.5) is 0 Å². The highest BCUT2D eigenvalue weighted by Crippen LogP contribution is 2.16. The predicted octanol–water partition coefficient (Wildman–Crippen LogP) is -0.733. The molecule has 58 valence electrons. The summed E-state index contributed by atoms with van der Waals surface area (Å²) in [6.07, 6.45) is 1.66. The zero-order chi connectivity index (χ0) is 7.61. The van der Waals surface area contributed by atoms with Crippen LogP contribution >= 0.6 is 0 Å². The van der Waals surface area contributed by atoms with Crippen LogP contribution in [0.1, 0.15) is 12.8 Å². The van der Waals surface area contributed by atoms with Crippen LogP contribution in [0.25, 0.3) is 0 Å². The van der Waals surface area contributed by atoms with Crippen LogP contribution in [0.3, 0.4) is 0 Å². The van der Waals surface area contributed by atoms with Crippen molar-refractivity contribution in [3.8, 4) is 0 Å². The van der Waals surface area contributed by atoms with Gasteiger partial charge in [-0.2, -0.15) is 0 Å². The molecule has 1 saturated heterocycles. The van der Waals surface area contributed by atoms with Crippen LogP contribution in [-0.4, -0.2) is 26.0 Å². The maximum Gasteiger partial charge on any atom is 0.208 e. The van der Waals surface area contributed by atoms with E-state index in [1.54, 1.807) is 0 Å². The zero-order valence-corrected chi connectivity index (χ0v) is 6.23. The third-order valence-corrected chi connectivity index (χ3v) is 3.68. The van der Waals surface area contributed by atoms with Gasteiger partial charge < -0.3 is 5.32 Å².